The Morgan fingerprint density at radius 2 is 1.88 bits per heavy atom. The van der Waals surface area contributed by atoms with Crippen molar-refractivity contribution in [3.05, 3.63) is 59.9 Å². The van der Waals surface area contributed by atoms with Crippen LogP contribution in [0.3, 0.4) is 0 Å². The Bertz CT molecular complexity index is 681. The number of aromatic nitrogens is 1. The summed E-state index contributed by atoms with van der Waals surface area (Å²) in [5.41, 5.74) is 3.68. The number of amides is 1. The van der Waals surface area contributed by atoms with Gasteiger partial charge < -0.3 is 10.2 Å². The van der Waals surface area contributed by atoms with E-state index in [-0.39, 0.29) is 5.91 Å². The van der Waals surface area contributed by atoms with Crippen molar-refractivity contribution < 1.29 is 4.79 Å². The Morgan fingerprint density at radius 1 is 1.12 bits per heavy atom. The normalized spacial score (nSPS) is 15.2. The minimum Gasteiger partial charge on any atom is -0.369 e. The summed E-state index contributed by atoms with van der Waals surface area (Å²) >= 11 is 0. The van der Waals surface area contributed by atoms with Gasteiger partial charge in [-0.15, -0.1) is 0 Å². The lowest BCUT2D eigenvalue weighted by Crippen LogP contribution is -2.47. The SMILES string of the molecule is Cc1cccc(N2CCN(CCC(=O)NCc3ccncc3)CC2)c1. The zero-order valence-electron chi connectivity index (χ0n) is 14.8. The van der Waals surface area contributed by atoms with Crippen LogP contribution in [0.4, 0.5) is 5.69 Å². The number of carbonyl (C=O) groups excluding carboxylic acids is 1. The molecule has 1 saturated heterocycles. The Kier molecular flexibility index (Phi) is 6.01. The van der Waals surface area contributed by atoms with Gasteiger partial charge in [-0.25, -0.2) is 0 Å². The van der Waals surface area contributed by atoms with E-state index in [9.17, 15) is 4.79 Å². The lowest BCUT2D eigenvalue weighted by Gasteiger charge is -2.36. The van der Waals surface area contributed by atoms with E-state index in [1.54, 1.807) is 12.4 Å². The van der Waals surface area contributed by atoms with Crippen LogP contribution in [0.2, 0.25) is 0 Å². The van der Waals surface area contributed by atoms with E-state index >= 15 is 0 Å². The molecule has 0 unspecified atom stereocenters. The van der Waals surface area contributed by atoms with Crippen LogP contribution in [-0.2, 0) is 11.3 Å². The molecule has 1 aliphatic heterocycles. The van der Waals surface area contributed by atoms with Gasteiger partial charge in [-0.1, -0.05) is 12.1 Å². The first kappa shape index (κ1) is 17.4. The van der Waals surface area contributed by atoms with Crippen LogP contribution in [0.15, 0.2) is 48.8 Å². The van der Waals surface area contributed by atoms with Gasteiger partial charge in [0.2, 0.25) is 5.91 Å². The summed E-state index contributed by atoms with van der Waals surface area (Å²) in [6.45, 7) is 7.57. The second-order valence-corrected chi connectivity index (χ2v) is 6.55. The summed E-state index contributed by atoms with van der Waals surface area (Å²) in [4.78, 5) is 20.8. The molecule has 132 valence electrons. The molecule has 25 heavy (non-hydrogen) atoms. The van der Waals surface area contributed by atoms with Gasteiger partial charge in [0.05, 0.1) is 0 Å². The van der Waals surface area contributed by atoms with E-state index in [0.29, 0.717) is 13.0 Å². The van der Waals surface area contributed by atoms with E-state index < -0.39 is 0 Å². The van der Waals surface area contributed by atoms with Crippen LogP contribution in [-0.4, -0.2) is 48.5 Å². The Labute approximate surface area is 149 Å². The fourth-order valence-electron chi connectivity index (χ4n) is 3.10. The maximum Gasteiger partial charge on any atom is 0.221 e. The van der Waals surface area contributed by atoms with Crippen molar-refractivity contribution in [3.8, 4) is 0 Å². The number of rotatable bonds is 6. The summed E-state index contributed by atoms with van der Waals surface area (Å²) in [6, 6.07) is 12.5. The first-order chi connectivity index (χ1) is 12.2. The molecule has 2 heterocycles. The number of nitrogens with zero attached hydrogens (tertiary/aromatic N) is 3. The molecular formula is C20H26N4O. The van der Waals surface area contributed by atoms with Crippen LogP contribution in [0.5, 0.6) is 0 Å². The van der Waals surface area contributed by atoms with Crippen molar-refractivity contribution in [2.75, 3.05) is 37.6 Å². The second kappa shape index (κ2) is 8.62. The van der Waals surface area contributed by atoms with Gasteiger partial charge >= 0.3 is 0 Å². The lowest BCUT2D eigenvalue weighted by molar-refractivity contribution is -0.121. The Balaban J connectivity index is 1.37. The maximum absolute atomic E-state index is 12.0. The zero-order valence-corrected chi connectivity index (χ0v) is 14.8. The molecule has 0 spiro atoms. The number of hydrogen-bond donors (Lipinski definition) is 1. The van der Waals surface area contributed by atoms with Crippen molar-refractivity contribution >= 4 is 11.6 Å². The molecule has 1 N–H and O–H groups in total. The van der Waals surface area contributed by atoms with Crippen LogP contribution < -0.4 is 10.2 Å². The molecule has 3 rings (SSSR count). The van der Waals surface area contributed by atoms with Gasteiger partial charge in [0.1, 0.15) is 0 Å². The molecule has 2 aromatic rings. The summed E-state index contributed by atoms with van der Waals surface area (Å²) in [5.74, 6) is 0.109. The average Bonchev–Trinajstić information content (AvgIpc) is 2.66. The van der Waals surface area contributed by atoms with Crippen molar-refractivity contribution in [3.63, 3.8) is 0 Å². The molecule has 0 saturated carbocycles. The number of piperazine rings is 1. The summed E-state index contributed by atoms with van der Waals surface area (Å²) < 4.78 is 0. The third kappa shape index (κ3) is 5.29. The molecule has 0 bridgehead atoms. The molecule has 1 amide bonds. The van der Waals surface area contributed by atoms with Gasteiger partial charge in [-0.05, 0) is 42.3 Å². The fourth-order valence-corrected chi connectivity index (χ4v) is 3.10. The second-order valence-electron chi connectivity index (χ2n) is 6.55. The van der Waals surface area contributed by atoms with Crippen molar-refractivity contribution in [1.29, 1.82) is 0 Å². The van der Waals surface area contributed by atoms with E-state index in [0.717, 1.165) is 38.3 Å². The smallest absolute Gasteiger partial charge is 0.221 e. The van der Waals surface area contributed by atoms with Crippen LogP contribution >= 0.6 is 0 Å². The summed E-state index contributed by atoms with van der Waals surface area (Å²) in [7, 11) is 0. The first-order valence-corrected chi connectivity index (χ1v) is 8.90. The van der Waals surface area contributed by atoms with Crippen LogP contribution in [0.25, 0.3) is 0 Å². The number of carbonyl (C=O) groups is 1. The molecule has 1 aliphatic rings. The number of pyridine rings is 1. The third-order valence-electron chi connectivity index (χ3n) is 4.63. The van der Waals surface area contributed by atoms with Crippen molar-refractivity contribution in [2.24, 2.45) is 0 Å². The minimum absolute atomic E-state index is 0.109. The predicted octanol–water partition coefficient (Wildman–Crippen LogP) is 2.22. The molecule has 0 radical (unpaired) electrons. The molecule has 1 fully saturated rings. The van der Waals surface area contributed by atoms with Gasteiger partial charge in [0, 0.05) is 63.8 Å². The molecule has 5 heteroatoms. The largest absolute Gasteiger partial charge is 0.369 e. The van der Waals surface area contributed by atoms with Gasteiger partial charge in [0.25, 0.3) is 0 Å². The molecule has 1 aromatic heterocycles. The van der Waals surface area contributed by atoms with Crippen molar-refractivity contribution in [1.82, 2.24) is 15.2 Å². The van der Waals surface area contributed by atoms with E-state index in [1.165, 1.54) is 11.3 Å². The van der Waals surface area contributed by atoms with Crippen LogP contribution in [0, 0.1) is 6.92 Å². The maximum atomic E-state index is 12.0. The highest BCUT2D eigenvalue weighted by Gasteiger charge is 2.17. The van der Waals surface area contributed by atoms with Crippen molar-refractivity contribution in [2.45, 2.75) is 19.9 Å². The average molecular weight is 338 g/mol. The summed E-state index contributed by atoms with van der Waals surface area (Å²) in [6.07, 6.45) is 4.04. The minimum atomic E-state index is 0.109. The van der Waals surface area contributed by atoms with E-state index in [2.05, 4.69) is 51.3 Å². The molecule has 1 aromatic carbocycles. The monoisotopic (exact) mass is 338 g/mol. The van der Waals surface area contributed by atoms with Crippen LogP contribution in [0.1, 0.15) is 17.5 Å². The molecular weight excluding hydrogens is 312 g/mol. The number of benzene rings is 1. The Hall–Kier alpha value is -2.40. The first-order valence-electron chi connectivity index (χ1n) is 8.90. The predicted molar refractivity (Wildman–Crippen MR) is 101 cm³/mol. The highest BCUT2D eigenvalue weighted by Crippen LogP contribution is 2.17. The summed E-state index contributed by atoms with van der Waals surface area (Å²) in [5, 5.41) is 2.98. The topological polar surface area (TPSA) is 48.5 Å². The highest BCUT2D eigenvalue weighted by molar-refractivity contribution is 5.76. The quantitative estimate of drug-likeness (QED) is 0.877. The number of anilines is 1. The number of nitrogens with one attached hydrogen (secondary N) is 1. The fraction of sp³-hybridized carbons (Fsp3) is 0.400. The van der Waals surface area contributed by atoms with Gasteiger partial charge in [0.15, 0.2) is 0 Å². The standard InChI is InChI=1S/C20H26N4O/c1-17-3-2-4-19(15-17)24-13-11-23(12-14-24)10-7-20(25)22-16-18-5-8-21-9-6-18/h2-6,8-9,15H,7,10-14,16H2,1H3,(H,22,25). The molecule has 0 atom stereocenters. The molecule has 5 nitrogen and oxygen atoms in total. The molecule has 0 aliphatic carbocycles. The number of aryl methyl sites for hydroxylation is 1. The van der Waals surface area contributed by atoms with E-state index in [1.807, 2.05) is 12.1 Å². The zero-order chi connectivity index (χ0) is 17.5. The highest BCUT2D eigenvalue weighted by atomic mass is 16.1. The lowest BCUT2D eigenvalue weighted by atomic mass is 10.2. The Morgan fingerprint density at radius 3 is 2.60 bits per heavy atom. The third-order valence-corrected chi connectivity index (χ3v) is 4.63. The van der Waals surface area contributed by atoms with Gasteiger partial charge in [-0.2, -0.15) is 0 Å². The van der Waals surface area contributed by atoms with E-state index in [4.69, 9.17) is 0 Å². The number of hydrogen-bond acceptors (Lipinski definition) is 4. The van der Waals surface area contributed by atoms with Gasteiger partial charge in [-0.3, -0.25) is 14.7 Å².